The smallest absolute Gasteiger partial charge is 0.282 e. The van der Waals surface area contributed by atoms with Crippen LogP contribution in [-0.4, -0.2) is 25.9 Å². The first kappa shape index (κ1) is 20.0. The van der Waals surface area contributed by atoms with Crippen molar-refractivity contribution in [2.24, 2.45) is 0 Å². The van der Waals surface area contributed by atoms with Crippen molar-refractivity contribution < 1.29 is 25.9 Å². The van der Waals surface area contributed by atoms with E-state index in [9.17, 15) is 16.8 Å². The molecule has 4 rings (SSSR count). The zero-order valence-corrected chi connectivity index (χ0v) is 16.1. The van der Waals surface area contributed by atoms with Crippen molar-refractivity contribution in [3.05, 3.63) is 84.9 Å². The van der Waals surface area contributed by atoms with Gasteiger partial charge in [-0.3, -0.25) is 9.11 Å². The average molecular weight is 416 g/mol. The minimum Gasteiger partial charge on any atom is -0.282 e. The van der Waals surface area contributed by atoms with Crippen LogP contribution >= 0.6 is 0 Å². The third-order valence-corrected chi connectivity index (χ3v) is 5.88. The molecule has 0 radical (unpaired) electrons. The van der Waals surface area contributed by atoms with Gasteiger partial charge in [-0.25, -0.2) is 0 Å². The highest BCUT2D eigenvalue weighted by Crippen LogP contribution is 2.23. The van der Waals surface area contributed by atoms with E-state index in [4.69, 9.17) is 9.11 Å². The summed E-state index contributed by atoms with van der Waals surface area (Å²) < 4.78 is 61.9. The second-order valence-corrected chi connectivity index (χ2v) is 8.68. The van der Waals surface area contributed by atoms with Crippen LogP contribution in [-0.2, 0) is 20.2 Å². The zero-order valence-electron chi connectivity index (χ0n) is 14.4. The van der Waals surface area contributed by atoms with Gasteiger partial charge in [-0.05, 0) is 22.9 Å². The van der Waals surface area contributed by atoms with E-state index < -0.39 is 20.2 Å². The fourth-order valence-electron chi connectivity index (χ4n) is 2.84. The molecule has 0 aliphatic rings. The van der Waals surface area contributed by atoms with E-state index in [1.165, 1.54) is 12.1 Å². The standard InChI is InChI=1S/2C10H8O3S/c2*11-14(12,13)10-7-3-5-8-4-1-2-6-9(8)10/h2*1-7H,(H,11,12,13). The Labute approximate surface area is 162 Å². The molecule has 2 N–H and O–H groups in total. The number of benzene rings is 4. The molecule has 144 valence electrons. The van der Waals surface area contributed by atoms with Crippen molar-refractivity contribution in [1.82, 2.24) is 0 Å². The Balaban J connectivity index is 0.000000161. The van der Waals surface area contributed by atoms with Gasteiger partial charge in [-0.15, -0.1) is 0 Å². The molecule has 8 heteroatoms. The Morgan fingerprint density at radius 1 is 0.464 bits per heavy atom. The van der Waals surface area contributed by atoms with Crippen LogP contribution in [0.2, 0.25) is 0 Å². The summed E-state index contributed by atoms with van der Waals surface area (Å²) in [5.74, 6) is 0. The molecule has 4 aromatic carbocycles. The lowest BCUT2D eigenvalue weighted by Crippen LogP contribution is -1.98. The van der Waals surface area contributed by atoms with E-state index in [0.717, 1.165) is 10.8 Å². The van der Waals surface area contributed by atoms with Crippen LogP contribution in [0.4, 0.5) is 0 Å². The molecule has 0 spiro atoms. The van der Waals surface area contributed by atoms with Crippen molar-refractivity contribution >= 4 is 41.8 Å². The van der Waals surface area contributed by atoms with Crippen molar-refractivity contribution in [2.75, 3.05) is 0 Å². The monoisotopic (exact) mass is 416 g/mol. The maximum atomic E-state index is 11.0. The lowest BCUT2D eigenvalue weighted by Gasteiger charge is -2.02. The lowest BCUT2D eigenvalue weighted by molar-refractivity contribution is 0.482. The van der Waals surface area contributed by atoms with Gasteiger partial charge in [0.2, 0.25) is 0 Å². The number of hydrogen-bond acceptors (Lipinski definition) is 4. The zero-order chi connectivity index (χ0) is 20.4. The van der Waals surface area contributed by atoms with Gasteiger partial charge in [0.15, 0.2) is 0 Å². The molecule has 0 saturated carbocycles. The largest absolute Gasteiger partial charge is 0.295 e. The summed E-state index contributed by atoms with van der Waals surface area (Å²) in [6.45, 7) is 0. The normalized spacial score (nSPS) is 11.8. The van der Waals surface area contributed by atoms with Gasteiger partial charge < -0.3 is 0 Å². The maximum absolute atomic E-state index is 11.0. The maximum Gasteiger partial charge on any atom is 0.295 e. The molecule has 0 saturated heterocycles. The van der Waals surface area contributed by atoms with E-state index in [1.807, 2.05) is 12.1 Å². The first-order chi connectivity index (χ1) is 13.2. The molecule has 0 aliphatic heterocycles. The Hall–Kier alpha value is -2.78. The Bertz CT molecular complexity index is 1240. The fourth-order valence-corrected chi connectivity index (χ4v) is 4.27. The number of hydrogen-bond donors (Lipinski definition) is 2. The van der Waals surface area contributed by atoms with Crippen molar-refractivity contribution in [3.63, 3.8) is 0 Å². The van der Waals surface area contributed by atoms with Gasteiger partial charge in [-0.1, -0.05) is 72.8 Å². The van der Waals surface area contributed by atoms with Crippen LogP contribution in [0, 0.1) is 0 Å². The molecule has 0 atom stereocenters. The first-order valence-electron chi connectivity index (χ1n) is 8.08. The molecular weight excluding hydrogens is 400 g/mol. The molecule has 4 aromatic rings. The van der Waals surface area contributed by atoms with Gasteiger partial charge >= 0.3 is 0 Å². The van der Waals surface area contributed by atoms with Crippen molar-refractivity contribution in [1.29, 1.82) is 0 Å². The van der Waals surface area contributed by atoms with Gasteiger partial charge in [0.25, 0.3) is 20.2 Å². The van der Waals surface area contributed by atoms with E-state index in [2.05, 4.69) is 0 Å². The van der Waals surface area contributed by atoms with E-state index in [-0.39, 0.29) is 9.79 Å². The quantitative estimate of drug-likeness (QED) is 0.475. The summed E-state index contributed by atoms with van der Waals surface area (Å²) in [5, 5.41) is 2.67. The molecule has 0 unspecified atom stereocenters. The van der Waals surface area contributed by atoms with Crippen LogP contribution in [0.1, 0.15) is 0 Å². The number of rotatable bonds is 2. The topological polar surface area (TPSA) is 109 Å². The van der Waals surface area contributed by atoms with Crippen LogP contribution in [0.15, 0.2) is 94.7 Å². The lowest BCUT2D eigenvalue weighted by atomic mass is 10.1. The predicted molar refractivity (Wildman–Crippen MR) is 108 cm³/mol. The molecule has 0 fully saturated rings. The third-order valence-electron chi connectivity index (χ3n) is 4.06. The van der Waals surface area contributed by atoms with Gasteiger partial charge in [0, 0.05) is 10.8 Å². The Morgan fingerprint density at radius 2 is 0.786 bits per heavy atom. The minimum absolute atomic E-state index is 0.0457. The Kier molecular flexibility index (Phi) is 5.48. The summed E-state index contributed by atoms with van der Waals surface area (Å²) in [7, 11) is -8.26. The molecule has 0 amide bonds. The molecule has 28 heavy (non-hydrogen) atoms. The van der Waals surface area contributed by atoms with Crippen LogP contribution in [0.25, 0.3) is 21.5 Å². The number of fused-ring (bicyclic) bond motifs is 2. The summed E-state index contributed by atoms with van der Waals surface area (Å²) in [6, 6.07) is 23.6. The summed E-state index contributed by atoms with van der Waals surface area (Å²) in [4.78, 5) is -0.0915. The van der Waals surface area contributed by atoms with Crippen LogP contribution in [0.5, 0.6) is 0 Å². The van der Waals surface area contributed by atoms with Gasteiger partial charge in [-0.2, -0.15) is 16.8 Å². The van der Waals surface area contributed by atoms with E-state index >= 15 is 0 Å². The molecule has 0 heterocycles. The van der Waals surface area contributed by atoms with Crippen LogP contribution in [0.3, 0.4) is 0 Å². The SMILES string of the molecule is O=S(=O)(O)c1cccc2ccccc12.O=S(=O)(O)c1cccc2ccccc12. The second-order valence-electron chi connectivity index (χ2n) is 5.90. The van der Waals surface area contributed by atoms with Crippen LogP contribution < -0.4 is 0 Å². The first-order valence-corrected chi connectivity index (χ1v) is 11.0. The van der Waals surface area contributed by atoms with Gasteiger partial charge in [0.05, 0.1) is 0 Å². The minimum atomic E-state index is -4.13. The molecule has 0 bridgehead atoms. The van der Waals surface area contributed by atoms with E-state index in [0.29, 0.717) is 10.8 Å². The highest BCUT2D eigenvalue weighted by Gasteiger charge is 2.13. The summed E-state index contributed by atoms with van der Waals surface area (Å²) >= 11 is 0. The second kappa shape index (κ2) is 7.69. The predicted octanol–water partition coefficient (Wildman–Crippen LogP) is 4.17. The molecular formula is C20H16O6S2. The highest BCUT2D eigenvalue weighted by atomic mass is 32.2. The summed E-state index contributed by atoms with van der Waals surface area (Å²) in [5.41, 5.74) is 0. The molecule has 0 aliphatic carbocycles. The fraction of sp³-hybridized carbons (Fsp3) is 0. The van der Waals surface area contributed by atoms with Gasteiger partial charge in [0.1, 0.15) is 9.79 Å². The third kappa shape index (κ3) is 4.37. The Morgan fingerprint density at radius 3 is 1.14 bits per heavy atom. The molecule has 6 nitrogen and oxygen atoms in total. The highest BCUT2D eigenvalue weighted by molar-refractivity contribution is 7.86. The van der Waals surface area contributed by atoms with Crippen molar-refractivity contribution in [2.45, 2.75) is 9.79 Å². The molecule has 0 aromatic heterocycles. The summed E-state index contributed by atoms with van der Waals surface area (Å²) in [6.07, 6.45) is 0. The van der Waals surface area contributed by atoms with E-state index in [1.54, 1.807) is 60.7 Å². The average Bonchev–Trinajstić information content (AvgIpc) is 2.66. The van der Waals surface area contributed by atoms with Crippen molar-refractivity contribution in [3.8, 4) is 0 Å².